The van der Waals surface area contributed by atoms with Gasteiger partial charge in [-0.1, -0.05) is 54.6 Å². The van der Waals surface area contributed by atoms with Crippen molar-refractivity contribution < 1.29 is 14.3 Å². The average molecular weight is 418 g/mol. The number of carbonyl (C=O) groups is 1. The van der Waals surface area contributed by atoms with Crippen LogP contribution in [-0.4, -0.2) is 32.6 Å². The predicted octanol–water partition coefficient (Wildman–Crippen LogP) is 4.05. The van der Waals surface area contributed by atoms with Crippen molar-refractivity contribution in [2.24, 2.45) is 0 Å². The molecular formula is C25H27N3O3. The lowest BCUT2D eigenvalue weighted by Gasteiger charge is -2.24. The number of hydrogen-bond acceptors (Lipinski definition) is 4. The van der Waals surface area contributed by atoms with E-state index in [-0.39, 0.29) is 18.3 Å². The summed E-state index contributed by atoms with van der Waals surface area (Å²) in [6.45, 7) is 0.496. The zero-order chi connectivity index (χ0) is 22.1. The van der Waals surface area contributed by atoms with Crippen LogP contribution in [0.4, 0.5) is 5.69 Å². The molecule has 0 unspecified atom stereocenters. The van der Waals surface area contributed by atoms with Crippen LogP contribution in [-0.2, 0) is 17.6 Å². The van der Waals surface area contributed by atoms with Gasteiger partial charge in [-0.2, -0.15) is 0 Å². The van der Waals surface area contributed by atoms with Crippen molar-refractivity contribution in [1.82, 2.24) is 5.32 Å². The Morgan fingerprint density at radius 1 is 0.871 bits per heavy atom. The Morgan fingerprint density at radius 3 is 2.16 bits per heavy atom. The number of para-hydroxylation sites is 1. The standard InChI is InChI=1S/C25H27N3O3/c1-30-22-14-13-20(17-23(22)31-2)15-16-27-25(26)28(21-11-7-4-8-12-21)24(29)18-19-9-5-3-6-10-19/h3-14,17H,15-16,18H2,1-2H3,(H2,26,27). The highest BCUT2D eigenvalue weighted by atomic mass is 16.5. The van der Waals surface area contributed by atoms with E-state index in [1.54, 1.807) is 14.2 Å². The highest BCUT2D eigenvalue weighted by molar-refractivity contribution is 6.15. The molecule has 3 aromatic rings. The summed E-state index contributed by atoms with van der Waals surface area (Å²) in [6.07, 6.45) is 0.883. The molecule has 0 atom stereocenters. The van der Waals surface area contributed by atoms with Gasteiger partial charge in [0.25, 0.3) is 0 Å². The van der Waals surface area contributed by atoms with E-state index in [4.69, 9.17) is 14.9 Å². The summed E-state index contributed by atoms with van der Waals surface area (Å²) in [4.78, 5) is 14.5. The number of guanidine groups is 1. The maximum Gasteiger partial charge on any atom is 0.238 e. The number of carbonyl (C=O) groups excluding carboxylic acids is 1. The summed E-state index contributed by atoms with van der Waals surface area (Å²) in [5, 5.41) is 11.6. The number of methoxy groups -OCH3 is 2. The van der Waals surface area contributed by atoms with Crippen LogP contribution in [0.25, 0.3) is 0 Å². The molecule has 1 amide bonds. The van der Waals surface area contributed by atoms with Gasteiger partial charge in [-0.3, -0.25) is 15.1 Å². The predicted molar refractivity (Wildman–Crippen MR) is 123 cm³/mol. The molecule has 0 fully saturated rings. The van der Waals surface area contributed by atoms with E-state index in [2.05, 4.69) is 5.32 Å². The second-order valence-electron chi connectivity index (χ2n) is 6.94. The number of ether oxygens (including phenoxy) is 2. The lowest BCUT2D eigenvalue weighted by molar-refractivity contribution is -0.117. The number of nitrogens with zero attached hydrogens (tertiary/aromatic N) is 1. The van der Waals surface area contributed by atoms with Gasteiger partial charge in [0.1, 0.15) is 0 Å². The van der Waals surface area contributed by atoms with Gasteiger partial charge in [-0.15, -0.1) is 0 Å². The van der Waals surface area contributed by atoms with Crippen LogP contribution in [0.1, 0.15) is 11.1 Å². The first kappa shape index (κ1) is 21.9. The van der Waals surface area contributed by atoms with Crippen LogP contribution in [0.2, 0.25) is 0 Å². The fraction of sp³-hybridized carbons (Fsp3) is 0.200. The van der Waals surface area contributed by atoms with E-state index in [1.807, 2.05) is 78.9 Å². The van der Waals surface area contributed by atoms with E-state index < -0.39 is 0 Å². The fourth-order valence-electron chi connectivity index (χ4n) is 3.26. The van der Waals surface area contributed by atoms with Crippen LogP contribution in [0.3, 0.4) is 0 Å². The molecule has 160 valence electrons. The first-order chi connectivity index (χ1) is 15.1. The summed E-state index contributed by atoms with van der Waals surface area (Å²) >= 11 is 0. The number of anilines is 1. The van der Waals surface area contributed by atoms with Gasteiger partial charge >= 0.3 is 0 Å². The van der Waals surface area contributed by atoms with E-state index >= 15 is 0 Å². The Bertz CT molecular complexity index is 1010. The van der Waals surface area contributed by atoms with Crippen molar-refractivity contribution in [2.75, 3.05) is 25.7 Å². The lowest BCUT2D eigenvalue weighted by atomic mass is 10.1. The van der Waals surface area contributed by atoms with Gasteiger partial charge in [0.05, 0.1) is 26.3 Å². The van der Waals surface area contributed by atoms with Crippen LogP contribution in [0.15, 0.2) is 78.9 Å². The monoisotopic (exact) mass is 417 g/mol. The number of rotatable bonds is 8. The molecule has 31 heavy (non-hydrogen) atoms. The summed E-state index contributed by atoms with van der Waals surface area (Å²) in [7, 11) is 3.21. The number of amides is 1. The van der Waals surface area contributed by atoms with Crippen LogP contribution in [0.5, 0.6) is 11.5 Å². The van der Waals surface area contributed by atoms with Crippen molar-refractivity contribution in [1.29, 1.82) is 5.41 Å². The van der Waals surface area contributed by atoms with Gasteiger partial charge in [0, 0.05) is 6.54 Å². The van der Waals surface area contributed by atoms with Gasteiger partial charge in [-0.05, 0) is 41.8 Å². The van der Waals surface area contributed by atoms with Crippen LogP contribution < -0.4 is 19.7 Å². The molecule has 0 saturated heterocycles. The Balaban J connectivity index is 1.68. The quantitative estimate of drug-likeness (QED) is 0.428. The first-order valence-electron chi connectivity index (χ1n) is 10.1. The highest BCUT2D eigenvalue weighted by Crippen LogP contribution is 2.27. The van der Waals surface area contributed by atoms with Gasteiger partial charge in [-0.25, -0.2) is 0 Å². The topological polar surface area (TPSA) is 74.7 Å². The molecule has 6 nitrogen and oxygen atoms in total. The van der Waals surface area contributed by atoms with Crippen molar-refractivity contribution >= 4 is 17.6 Å². The van der Waals surface area contributed by atoms with E-state index in [0.717, 1.165) is 11.1 Å². The largest absolute Gasteiger partial charge is 0.493 e. The van der Waals surface area contributed by atoms with Crippen molar-refractivity contribution in [3.05, 3.63) is 90.0 Å². The zero-order valence-electron chi connectivity index (χ0n) is 17.8. The Hall–Kier alpha value is -3.80. The number of nitrogens with one attached hydrogen (secondary N) is 2. The first-order valence-corrected chi connectivity index (χ1v) is 10.1. The number of hydrogen-bond donors (Lipinski definition) is 2. The molecule has 0 aliphatic heterocycles. The van der Waals surface area contributed by atoms with E-state index in [0.29, 0.717) is 30.2 Å². The van der Waals surface area contributed by atoms with Crippen LogP contribution in [0, 0.1) is 5.41 Å². The summed E-state index contributed by atoms with van der Waals surface area (Å²) in [5.74, 6) is 1.22. The van der Waals surface area contributed by atoms with Crippen LogP contribution >= 0.6 is 0 Å². The molecule has 3 aromatic carbocycles. The highest BCUT2D eigenvalue weighted by Gasteiger charge is 2.20. The molecule has 0 spiro atoms. The molecule has 0 aliphatic carbocycles. The second-order valence-corrected chi connectivity index (χ2v) is 6.94. The van der Waals surface area contributed by atoms with E-state index in [9.17, 15) is 4.79 Å². The molecule has 0 radical (unpaired) electrons. The molecule has 0 saturated carbocycles. The van der Waals surface area contributed by atoms with Gasteiger partial charge in [0.2, 0.25) is 11.9 Å². The molecule has 2 N–H and O–H groups in total. The third kappa shape index (κ3) is 5.85. The number of benzene rings is 3. The van der Waals surface area contributed by atoms with Crippen molar-refractivity contribution in [3.63, 3.8) is 0 Å². The average Bonchev–Trinajstić information content (AvgIpc) is 2.80. The van der Waals surface area contributed by atoms with Gasteiger partial charge in [0.15, 0.2) is 11.5 Å². The normalized spacial score (nSPS) is 10.3. The lowest BCUT2D eigenvalue weighted by Crippen LogP contribution is -2.46. The molecule has 6 heteroatoms. The zero-order valence-corrected chi connectivity index (χ0v) is 17.8. The maximum absolute atomic E-state index is 13.1. The molecule has 3 rings (SSSR count). The molecule has 0 bridgehead atoms. The Morgan fingerprint density at radius 2 is 1.52 bits per heavy atom. The minimum Gasteiger partial charge on any atom is -0.493 e. The van der Waals surface area contributed by atoms with Gasteiger partial charge < -0.3 is 14.8 Å². The molecule has 0 heterocycles. The summed E-state index contributed by atoms with van der Waals surface area (Å²) < 4.78 is 10.6. The molecule has 0 aliphatic rings. The summed E-state index contributed by atoms with van der Waals surface area (Å²) in [5.41, 5.74) is 2.61. The van der Waals surface area contributed by atoms with Crippen molar-refractivity contribution in [2.45, 2.75) is 12.8 Å². The summed E-state index contributed by atoms with van der Waals surface area (Å²) in [6, 6.07) is 24.5. The molecule has 0 aromatic heterocycles. The third-order valence-electron chi connectivity index (χ3n) is 4.84. The Kier molecular flexibility index (Phi) is 7.65. The second kappa shape index (κ2) is 10.8. The SMILES string of the molecule is COc1ccc(CCNC(=N)N(C(=O)Cc2ccccc2)c2ccccc2)cc1OC. The minimum absolute atomic E-state index is 0.0487. The smallest absolute Gasteiger partial charge is 0.238 e. The fourth-order valence-corrected chi connectivity index (χ4v) is 3.26. The molecular weight excluding hydrogens is 390 g/mol. The Labute approximate surface area is 182 Å². The minimum atomic E-state index is -0.166. The maximum atomic E-state index is 13.1. The third-order valence-corrected chi connectivity index (χ3v) is 4.84. The van der Waals surface area contributed by atoms with Crippen molar-refractivity contribution in [3.8, 4) is 11.5 Å². The van der Waals surface area contributed by atoms with E-state index in [1.165, 1.54) is 4.90 Å².